The summed E-state index contributed by atoms with van der Waals surface area (Å²) in [6.45, 7) is 6.17. The highest BCUT2D eigenvalue weighted by atomic mass is 32.2. The molecule has 7 nitrogen and oxygen atoms in total. The molecular weight excluding hydrogens is 360 g/mol. The van der Waals surface area contributed by atoms with E-state index in [-0.39, 0.29) is 5.41 Å². The van der Waals surface area contributed by atoms with E-state index in [1.807, 2.05) is 12.3 Å². The minimum absolute atomic E-state index is 0.126. The molecule has 1 fully saturated rings. The number of hydrogen-bond donors (Lipinski definition) is 3. The summed E-state index contributed by atoms with van der Waals surface area (Å²) in [7, 11) is 1.33. The van der Waals surface area contributed by atoms with Crippen LogP contribution in [0, 0.1) is 5.92 Å². The summed E-state index contributed by atoms with van der Waals surface area (Å²) in [6, 6.07) is 1.41. The molecule has 2 heterocycles. The van der Waals surface area contributed by atoms with Crippen LogP contribution in [0.5, 0.6) is 0 Å². The van der Waals surface area contributed by atoms with E-state index >= 15 is 0 Å². The largest absolute Gasteiger partial charge is 0.465 e. The molecular formula is C16H22N4O3S2. The van der Waals surface area contributed by atoms with Crippen molar-refractivity contribution in [2.75, 3.05) is 12.4 Å². The maximum absolute atomic E-state index is 12.3. The molecule has 9 heteroatoms. The van der Waals surface area contributed by atoms with Gasteiger partial charge in [0.1, 0.15) is 4.88 Å². The number of allylic oxidation sites excluding steroid dienone is 1. The van der Waals surface area contributed by atoms with Crippen molar-refractivity contribution in [3.05, 3.63) is 26.9 Å². The van der Waals surface area contributed by atoms with E-state index in [0.717, 1.165) is 4.88 Å². The number of hydrazine groups is 2. The summed E-state index contributed by atoms with van der Waals surface area (Å²) in [5, 5.41) is 2.75. The van der Waals surface area contributed by atoms with Crippen molar-refractivity contribution in [3.63, 3.8) is 0 Å². The summed E-state index contributed by atoms with van der Waals surface area (Å²) in [6.07, 6.45) is 4.31. The zero-order valence-electron chi connectivity index (χ0n) is 14.6. The van der Waals surface area contributed by atoms with Gasteiger partial charge in [0.05, 0.1) is 12.8 Å². The van der Waals surface area contributed by atoms with Crippen LogP contribution in [-0.2, 0) is 10.2 Å². The average Bonchev–Trinajstić information content (AvgIpc) is 3.13. The number of thiophene rings is 1. The molecule has 0 unspecified atom stereocenters. The van der Waals surface area contributed by atoms with Gasteiger partial charge in [-0.25, -0.2) is 15.0 Å². The Morgan fingerprint density at radius 1 is 1.36 bits per heavy atom. The van der Waals surface area contributed by atoms with Crippen LogP contribution in [0.3, 0.4) is 0 Å². The summed E-state index contributed by atoms with van der Waals surface area (Å²) < 4.78 is 6.38. The monoisotopic (exact) mass is 382 g/mol. The van der Waals surface area contributed by atoms with E-state index in [0.29, 0.717) is 16.5 Å². The van der Waals surface area contributed by atoms with Gasteiger partial charge in [-0.15, -0.1) is 11.3 Å². The van der Waals surface area contributed by atoms with E-state index in [4.69, 9.17) is 4.74 Å². The van der Waals surface area contributed by atoms with Crippen molar-refractivity contribution in [2.24, 2.45) is 5.92 Å². The number of urea groups is 1. The van der Waals surface area contributed by atoms with E-state index in [2.05, 4.69) is 36.9 Å². The fourth-order valence-corrected chi connectivity index (χ4v) is 4.26. The Bertz CT molecular complexity index is 719. The summed E-state index contributed by atoms with van der Waals surface area (Å²) >= 11 is 2.80. The number of methoxy groups -OCH3 is 1. The van der Waals surface area contributed by atoms with Gasteiger partial charge in [-0.3, -0.25) is 5.43 Å². The third-order valence-corrected chi connectivity index (χ3v) is 6.38. The molecule has 2 aliphatic rings. The first-order valence-corrected chi connectivity index (χ1v) is 9.61. The molecule has 0 saturated heterocycles. The Morgan fingerprint density at radius 2 is 2.08 bits per heavy atom. The molecule has 0 bridgehead atoms. The predicted molar refractivity (Wildman–Crippen MR) is 99.9 cm³/mol. The van der Waals surface area contributed by atoms with E-state index in [9.17, 15) is 9.59 Å². The number of carbonyl (C=O) groups excluding carboxylic acids is 2. The van der Waals surface area contributed by atoms with Gasteiger partial charge in [0.2, 0.25) is 0 Å². The Kier molecular flexibility index (Phi) is 4.99. The van der Waals surface area contributed by atoms with Crippen LogP contribution in [0.25, 0.3) is 0 Å². The van der Waals surface area contributed by atoms with Crippen molar-refractivity contribution >= 4 is 41.0 Å². The molecule has 3 rings (SSSR count). The standard InChI is InChI=1S/C16H22N4O3S2/c1-16(2,3)12-7-10(13(24-12)14(21)23-4)18-15(22)19-20-17-8-11(25-20)9-5-6-9/h7-9,17H,5-6H2,1-4H3,(H2,18,19,22). The van der Waals surface area contributed by atoms with Crippen molar-refractivity contribution in [1.82, 2.24) is 15.4 Å². The highest BCUT2D eigenvalue weighted by molar-refractivity contribution is 8.01. The first-order chi connectivity index (χ1) is 11.8. The van der Waals surface area contributed by atoms with E-state index < -0.39 is 12.0 Å². The fraction of sp³-hybridized carbons (Fsp3) is 0.500. The van der Waals surface area contributed by atoms with Crippen LogP contribution >= 0.6 is 23.3 Å². The number of nitrogens with one attached hydrogen (secondary N) is 3. The fourth-order valence-electron chi connectivity index (χ4n) is 2.24. The van der Waals surface area contributed by atoms with Crippen LogP contribution in [-0.4, -0.2) is 23.6 Å². The molecule has 0 aromatic carbocycles. The van der Waals surface area contributed by atoms with Gasteiger partial charge < -0.3 is 10.1 Å². The molecule has 1 aromatic rings. The Balaban J connectivity index is 1.65. The summed E-state index contributed by atoms with van der Waals surface area (Å²) in [4.78, 5) is 26.9. The Morgan fingerprint density at radius 3 is 2.68 bits per heavy atom. The SMILES string of the molecule is COC(=O)c1sc(C(C)(C)C)cc1NC(=O)NN1NC=C(C2CC2)S1. The van der Waals surface area contributed by atoms with Crippen LogP contribution < -0.4 is 16.2 Å². The second kappa shape index (κ2) is 6.89. The second-order valence-electron chi connectivity index (χ2n) is 7.00. The molecule has 3 N–H and O–H groups in total. The van der Waals surface area contributed by atoms with Crippen LogP contribution in [0.4, 0.5) is 10.5 Å². The zero-order valence-corrected chi connectivity index (χ0v) is 16.3. The molecule has 0 spiro atoms. The van der Waals surface area contributed by atoms with Gasteiger partial charge in [0.15, 0.2) is 0 Å². The number of esters is 1. The predicted octanol–water partition coefficient (Wildman–Crippen LogP) is 3.59. The number of nitrogens with zero attached hydrogens (tertiary/aromatic N) is 1. The maximum Gasteiger partial charge on any atom is 0.350 e. The highest BCUT2D eigenvalue weighted by Crippen LogP contribution is 2.44. The van der Waals surface area contributed by atoms with Crippen molar-refractivity contribution in [1.29, 1.82) is 0 Å². The molecule has 25 heavy (non-hydrogen) atoms. The smallest absolute Gasteiger partial charge is 0.350 e. The summed E-state index contributed by atoms with van der Waals surface area (Å²) in [5.41, 5.74) is 6.04. The van der Waals surface area contributed by atoms with Crippen LogP contribution in [0.15, 0.2) is 17.2 Å². The quantitative estimate of drug-likeness (QED) is 0.545. The number of carbonyl (C=O) groups is 2. The van der Waals surface area contributed by atoms with E-state index in [1.54, 1.807) is 4.52 Å². The third-order valence-electron chi connectivity index (χ3n) is 3.79. The number of rotatable bonds is 4. The maximum atomic E-state index is 12.3. The average molecular weight is 383 g/mol. The van der Waals surface area contributed by atoms with Gasteiger partial charge in [-0.05, 0) is 42.2 Å². The first kappa shape index (κ1) is 18.1. The minimum atomic E-state index is -0.456. The normalized spacial score (nSPS) is 17.7. The van der Waals surface area contributed by atoms with Gasteiger partial charge in [0, 0.05) is 16.0 Å². The molecule has 0 radical (unpaired) electrons. The van der Waals surface area contributed by atoms with Gasteiger partial charge in [-0.1, -0.05) is 25.3 Å². The van der Waals surface area contributed by atoms with E-state index in [1.165, 1.54) is 48.1 Å². The Labute approximate surface area is 155 Å². The number of amides is 2. The lowest BCUT2D eigenvalue weighted by Crippen LogP contribution is -2.44. The molecule has 1 aromatic heterocycles. The van der Waals surface area contributed by atoms with Gasteiger partial charge >= 0.3 is 12.0 Å². The lowest BCUT2D eigenvalue weighted by Gasteiger charge is -2.16. The summed E-state index contributed by atoms with van der Waals surface area (Å²) in [5.74, 6) is 0.159. The topological polar surface area (TPSA) is 82.7 Å². The first-order valence-electron chi connectivity index (χ1n) is 8.02. The molecule has 2 amide bonds. The Hall–Kier alpha value is -1.71. The highest BCUT2D eigenvalue weighted by Gasteiger charge is 2.32. The number of ether oxygens (including phenoxy) is 1. The van der Waals surface area contributed by atoms with Crippen LogP contribution in [0.2, 0.25) is 0 Å². The van der Waals surface area contributed by atoms with Crippen molar-refractivity contribution in [3.8, 4) is 0 Å². The minimum Gasteiger partial charge on any atom is -0.465 e. The number of hydrogen-bond acceptors (Lipinski definition) is 7. The van der Waals surface area contributed by atoms with Crippen molar-refractivity contribution in [2.45, 2.75) is 39.0 Å². The lowest BCUT2D eigenvalue weighted by molar-refractivity contribution is 0.0607. The van der Waals surface area contributed by atoms with Gasteiger partial charge in [-0.2, -0.15) is 0 Å². The zero-order chi connectivity index (χ0) is 18.2. The molecule has 1 aliphatic heterocycles. The second-order valence-corrected chi connectivity index (χ2v) is 9.07. The van der Waals surface area contributed by atoms with Gasteiger partial charge in [0.25, 0.3) is 0 Å². The molecule has 0 atom stereocenters. The van der Waals surface area contributed by atoms with Crippen LogP contribution in [0.1, 0.15) is 48.2 Å². The molecule has 1 saturated carbocycles. The number of anilines is 1. The molecule has 1 aliphatic carbocycles. The lowest BCUT2D eigenvalue weighted by atomic mass is 9.94. The van der Waals surface area contributed by atoms with Crippen molar-refractivity contribution < 1.29 is 14.3 Å². The molecule has 136 valence electrons. The third kappa shape index (κ3) is 4.28.